The number of aromatic nitrogens is 5. The maximum atomic E-state index is 12.0. The van der Waals surface area contributed by atoms with E-state index < -0.39 is 28.7 Å². The molecule has 6 heterocycles. The lowest BCUT2D eigenvalue weighted by molar-refractivity contribution is 0.483. The van der Waals surface area contributed by atoms with Crippen molar-refractivity contribution in [3.63, 3.8) is 0 Å². The van der Waals surface area contributed by atoms with Gasteiger partial charge in [0, 0.05) is 42.4 Å². The largest absolute Gasteiger partial charge is 0.372 e. The number of nitrogens with one attached hydrogen (secondary N) is 2. The molecule has 0 fully saturated rings. The Bertz CT molecular complexity index is 3480. The van der Waals surface area contributed by atoms with Gasteiger partial charge in [-0.15, -0.1) is 20.5 Å². The summed E-state index contributed by atoms with van der Waals surface area (Å²) in [7, 11) is -9.18. The number of halogens is 2. The molecule has 0 atom stereocenters. The molecule has 340 valence electrons. The Morgan fingerprint density at radius 2 is 1.39 bits per heavy atom. The third-order valence-electron chi connectivity index (χ3n) is 9.84. The van der Waals surface area contributed by atoms with E-state index >= 15 is 0 Å². The minimum Gasteiger partial charge on any atom is -0.372 e. The third kappa shape index (κ3) is 9.31. The molecule has 28 heteroatoms. The number of azo groups is 2. The van der Waals surface area contributed by atoms with Gasteiger partial charge < -0.3 is 20.4 Å². The smallest absolute Gasteiger partial charge is 0.305 e. The van der Waals surface area contributed by atoms with Crippen molar-refractivity contribution in [2.45, 2.75) is 40.1 Å². The Morgan fingerprint density at radius 1 is 0.773 bits per heavy atom. The molecule has 0 amide bonds. The molecule has 0 aliphatic carbocycles. The summed E-state index contributed by atoms with van der Waals surface area (Å²) in [5.41, 5.74) is 5.39. The molecule has 6 bridgehead atoms. The highest BCUT2D eigenvalue weighted by Gasteiger charge is 2.27. The van der Waals surface area contributed by atoms with E-state index in [-0.39, 0.29) is 47.5 Å². The van der Waals surface area contributed by atoms with Crippen molar-refractivity contribution >= 4 is 183 Å². The van der Waals surface area contributed by atoms with Crippen LogP contribution in [0, 0.1) is 0 Å². The predicted molar refractivity (Wildman–Crippen MR) is 265 cm³/mol. The van der Waals surface area contributed by atoms with Crippen molar-refractivity contribution in [2.75, 3.05) is 40.1 Å². The van der Waals surface area contributed by atoms with Crippen LogP contribution in [0.2, 0.25) is 10.0 Å². The average molecular weight is 1060 g/mol. The van der Waals surface area contributed by atoms with Gasteiger partial charge in [-0.3, -0.25) is 9.11 Å². The lowest BCUT2D eigenvalue weighted by Crippen LogP contribution is -2.21. The quantitative estimate of drug-likeness (QED) is 0.0655. The molecule has 3 aromatic carbocycles. The summed E-state index contributed by atoms with van der Waals surface area (Å²) in [6.45, 7) is 8.21. The molecular weight excluding hydrogens is 1030 g/mol. The second kappa shape index (κ2) is 18.6. The van der Waals surface area contributed by atoms with Crippen molar-refractivity contribution in [3.8, 4) is 0 Å². The van der Waals surface area contributed by atoms with E-state index in [0.29, 0.717) is 45.0 Å². The molecule has 0 radical (unpaired) electrons. The summed E-state index contributed by atoms with van der Waals surface area (Å²) in [4.78, 5) is 19.3. The van der Waals surface area contributed by atoms with E-state index in [1.165, 1.54) is 11.8 Å². The van der Waals surface area contributed by atoms with Crippen LogP contribution < -0.4 is 20.4 Å². The second-order valence-corrected chi connectivity index (χ2v) is 22.3. The molecule has 4 N–H and O–H groups in total. The Kier molecular flexibility index (Phi) is 13.0. The summed E-state index contributed by atoms with van der Waals surface area (Å²) in [5, 5.41) is 25.7. The monoisotopic (exact) mass is 1060 g/mol. The molecule has 5 aromatic heterocycles. The minimum absolute atomic E-state index is 0.160. The lowest BCUT2D eigenvalue weighted by atomic mass is 10.1. The van der Waals surface area contributed by atoms with Crippen LogP contribution in [-0.2, 0) is 26.0 Å². The van der Waals surface area contributed by atoms with Crippen LogP contribution in [0.4, 0.5) is 61.7 Å². The summed E-state index contributed by atoms with van der Waals surface area (Å²) in [6.07, 6.45) is 0. The number of thiophene rings is 2. The minimum atomic E-state index is -4.59. The van der Waals surface area contributed by atoms with Crippen molar-refractivity contribution in [3.05, 3.63) is 76.3 Å². The van der Waals surface area contributed by atoms with Gasteiger partial charge in [-0.05, 0) is 97.9 Å². The number of nitrogens with zero attached hydrogens (tertiary/aromatic N) is 11. The van der Waals surface area contributed by atoms with Gasteiger partial charge in [0.05, 0.1) is 32.2 Å². The standard InChI is InChI=1S/C38H31Cl2N13O6S7/c1-4-52(5-2)19-10-12-22(46-48-30-26-28(39)34(65(54,55)56)61-32(26)50-63-30)24(15-19)41-36-43-37-42-25-16-21(53(6-3)20-9-7-8-18(14-20)17-60-38(44-36)45-37)11-13-23(25)47-49-31-27-29(40)35(66(57,58)59)62-33(27)51-64-31/h7-16H,4-6,17H2,1-3H3,(H,54,55,56)(H,57,58,59)(H2,41,42,43,44,45)/b48-46+,49-47+. The van der Waals surface area contributed by atoms with E-state index in [9.17, 15) is 25.9 Å². The SMILES string of the molecule is CCN(CC)c1ccc(/N=N/c2snc3sc(S(=O)(=O)O)c(Cl)c23)c(Nc2nc3nc(n2)SCc2cccc(c2)N(CC)c2ccc(/N=N/c4snc5sc(S(=O)(=O)O)c(Cl)c45)c(c2)N3)c1. The molecule has 9 rings (SSSR count). The fourth-order valence-electron chi connectivity index (χ4n) is 6.81. The first-order valence-electron chi connectivity index (χ1n) is 19.4. The van der Waals surface area contributed by atoms with Crippen LogP contribution in [0.15, 0.2) is 94.7 Å². The van der Waals surface area contributed by atoms with Crippen LogP contribution in [-0.4, -0.2) is 69.3 Å². The van der Waals surface area contributed by atoms with Gasteiger partial charge >= 0.3 is 20.2 Å². The maximum Gasteiger partial charge on any atom is 0.305 e. The van der Waals surface area contributed by atoms with Crippen molar-refractivity contribution in [1.29, 1.82) is 0 Å². The number of hydrogen-bond donors (Lipinski definition) is 4. The Balaban J connectivity index is 1.13. The molecule has 1 aliphatic rings. The fourth-order valence-corrected chi connectivity index (χ4v) is 14.2. The van der Waals surface area contributed by atoms with E-state index in [1.807, 2.05) is 63.2 Å². The van der Waals surface area contributed by atoms with Crippen molar-refractivity contribution in [2.24, 2.45) is 20.5 Å². The van der Waals surface area contributed by atoms with Gasteiger partial charge in [-0.1, -0.05) is 69.8 Å². The predicted octanol–water partition coefficient (Wildman–Crippen LogP) is 12.9. The second-order valence-electron chi connectivity index (χ2n) is 13.9. The zero-order valence-electron chi connectivity index (χ0n) is 34.2. The first-order chi connectivity index (χ1) is 31.6. The van der Waals surface area contributed by atoms with Crippen LogP contribution in [0.1, 0.15) is 26.3 Å². The van der Waals surface area contributed by atoms with E-state index in [4.69, 9.17) is 38.2 Å². The molecule has 1 aliphatic heterocycles. The highest BCUT2D eigenvalue weighted by molar-refractivity contribution is 7.98. The van der Waals surface area contributed by atoms with Crippen molar-refractivity contribution in [1.82, 2.24) is 23.7 Å². The molecule has 8 aromatic rings. The van der Waals surface area contributed by atoms with Crippen LogP contribution in [0.25, 0.3) is 20.4 Å². The van der Waals surface area contributed by atoms with Crippen molar-refractivity contribution < 1.29 is 25.9 Å². The maximum absolute atomic E-state index is 12.0. The third-order valence-corrected chi connectivity index (χ3v) is 18.5. The van der Waals surface area contributed by atoms with Gasteiger partial charge in [-0.2, -0.15) is 40.5 Å². The number of benzene rings is 3. The fraction of sp³-hybridized carbons (Fsp3) is 0.184. The lowest BCUT2D eigenvalue weighted by Gasteiger charge is -2.25. The van der Waals surface area contributed by atoms with Gasteiger partial charge in [-0.25, -0.2) is 0 Å². The highest BCUT2D eigenvalue weighted by Crippen LogP contribution is 2.48. The van der Waals surface area contributed by atoms with Gasteiger partial charge in [0.2, 0.25) is 11.9 Å². The van der Waals surface area contributed by atoms with Gasteiger partial charge in [0.15, 0.2) is 23.6 Å². The summed E-state index contributed by atoms with van der Waals surface area (Å²) >= 11 is 17.7. The number of rotatable bonds is 12. The van der Waals surface area contributed by atoms with Crippen LogP contribution >= 0.6 is 80.7 Å². The number of thioether (sulfide) groups is 1. The highest BCUT2D eigenvalue weighted by atomic mass is 35.5. The van der Waals surface area contributed by atoms with E-state index in [0.717, 1.165) is 81.5 Å². The average Bonchev–Trinajstić information content (AvgIpc) is 4.05. The summed E-state index contributed by atoms with van der Waals surface area (Å²) in [6, 6.07) is 19.3. The Labute approximate surface area is 406 Å². The van der Waals surface area contributed by atoms with E-state index in [1.54, 1.807) is 12.1 Å². The van der Waals surface area contributed by atoms with Crippen LogP contribution in [0.5, 0.6) is 0 Å². The topological polar surface area (TPSA) is 253 Å². The summed E-state index contributed by atoms with van der Waals surface area (Å²) < 4.78 is 75.0. The zero-order chi connectivity index (χ0) is 46.5. The van der Waals surface area contributed by atoms with E-state index in [2.05, 4.69) is 55.7 Å². The Hall–Kier alpha value is -5.00. The normalized spacial score (nSPS) is 13.3. The number of fused-ring (bicyclic) bond motifs is 8. The number of hydrogen-bond acceptors (Lipinski definition) is 22. The molecule has 0 saturated heterocycles. The zero-order valence-corrected chi connectivity index (χ0v) is 41.4. The summed E-state index contributed by atoms with van der Waals surface area (Å²) in [5.74, 6) is 0.853. The Morgan fingerprint density at radius 3 is 2.02 bits per heavy atom. The first kappa shape index (κ1) is 46.1. The van der Waals surface area contributed by atoms with Gasteiger partial charge in [0.1, 0.15) is 21.0 Å². The molecule has 0 saturated carbocycles. The molecule has 0 unspecified atom stereocenters. The first-order valence-corrected chi connectivity index (χ1v) is 27.2. The molecule has 0 spiro atoms. The van der Waals surface area contributed by atoms with Crippen LogP contribution in [0.3, 0.4) is 0 Å². The number of anilines is 7. The molecule has 19 nitrogen and oxygen atoms in total. The molecule has 66 heavy (non-hydrogen) atoms. The van der Waals surface area contributed by atoms with Gasteiger partial charge in [0.25, 0.3) is 0 Å². The molecular formula is C38H31Cl2N13O6S7.